The minimum atomic E-state index is -0.828. The Labute approximate surface area is 151 Å². The third kappa shape index (κ3) is 3.07. The van der Waals surface area contributed by atoms with Crippen molar-refractivity contribution in [2.75, 3.05) is 11.9 Å². The maximum Gasteiger partial charge on any atom is 0.151 e. The lowest BCUT2D eigenvalue weighted by atomic mass is 9.92. The van der Waals surface area contributed by atoms with Crippen molar-refractivity contribution in [3.63, 3.8) is 0 Å². The molecule has 1 aromatic carbocycles. The minimum Gasteiger partial charge on any atom is -0.507 e. The Morgan fingerprint density at radius 2 is 1.96 bits per heavy atom. The van der Waals surface area contributed by atoms with Crippen molar-refractivity contribution in [1.82, 2.24) is 15.2 Å². The summed E-state index contributed by atoms with van der Waals surface area (Å²) in [4.78, 5) is 6.19. The number of hydrogen-bond donors (Lipinski definition) is 1. The van der Waals surface area contributed by atoms with E-state index in [1.165, 1.54) is 0 Å². The molecule has 0 radical (unpaired) electrons. The number of phenols is 1. The standard InChI is InChI=1S/C20H21FN4O/c1-25(18-7-3-2-6-15(18)21)20-9-8-16(23-24-20)14-12-17-13(11-19(14)26)5-4-10-22-17/h4-5,8-12,15,18,26H,2-3,6-7H2,1H3/t15-,18+/m1/s1. The highest BCUT2D eigenvalue weighted by molar-refractivity contribution is 5.87. The van der Waals surface area contributed by atoms with Gasteiger partial charge in [-0.25, -0.2) is 4.39 Å². The van der Waals surface area contributed by atoms with E-state index in [1.807, 2.05) is 30.1 Å². The summed E-state index contributed by atoms with van der Waals surface area (Å²) in [5.74, 6) is 0.777. The number of phenolic OH excluding ortho intramolecular Hbond substituents is 1. The molecule has 0 bridgehead atoms. The summed E-state index contributed by atoms with van der Waals surface area (Å²) in [6, 6.07) is 10.7. The van der Waals surface area contributed by atoms with Crippen LogP contribution in [0.25, 0.3) is 22.2 Å². The number of alkyl halides is 1. The quantitative estimate of drug-likeness (QED) is 0.768. The second-order valence-corrected chi connectivity index (χ2v) is 6.82. The Hall–Kier alpha value is -2.76. The van der Waals surface area contributed by atoms with Gasteiger partial charge in [-0.15, -0.1) is 10.2 Å². The summed E-state index contributed by atoms with van der Waals surface area (Å²) >= 11 is 0. The molecule has 5 nitrogen and oxygen atoms in total. The SMILES string of the molecule is CN(c1ccc(-c2cc3ncccc3cc2O)nn1)[C@H]1CCCC[C@H]1F. The monoisotopic (exact) mass is 352 g/mol. The largest absolute Gasteiger partial charge is 0.507 e. The van der Waals surface area contributed by atoms with Crippen LogP contribution in [0.3, 0.4) is 0 Å². The van der Waals surface area contributed by atoms with Crippen molar-refractivity contribution in [2.45, 2.75) is 37.9 Å². The molecule has 2 atom stereocenters. The maximum atomic E-state index is 14.2. The fraction of sp³-hybridized carbons (Fsp3) is 0.350. The van der Waals surface area contributed by atoms with Crippen LogP contribution in [-0.4, -0.2) is 39.5 Å². The Morgan fingerprint density at radius 1 is 1.12 bits per heavy atom. The number of rotatable bonds is 3. The molecular weight excluding hydrogens is 331 g/mol. The van der Waals surface area contributed by atoms with Gasteiger partial charge in [0.2, 0.25) is 0 Å². The highest BCUT2D eigenvalue weighted by Gasteiger charge is 2.29. The number of hydrogen-bond acceptors (Lipinski definition) is 5. The van der Waals surface area contributed by atoms with Gasteiger partial charge in [0.05, 0.1) is 17.3 Å². The molecule has 1 N–H and O–H groups in total. The van der Waals surface area contributed by atoms with E-state index in [2.05, 4.69) is 15.2 Å². The van der Waals surface area contributed by atoms with Gasteiger partial charge in [-0.05, 0) is 43.2 Å². The lowest BCUT2D eigenvalue weighted by molar-refractivity contribution is 0.213. The van der Waals surface area contributed by atoms with E-state index in [0.29, 0.717) is 23.5 Å². The first-order valence-electron chi connectivity index (χ1n) is 8.92. The summed E-state index contributed by atoms with van der Waals surface area (Å²) < 4.78 is 14.2. The first-order chi connectivity index (χ1) is 12.6. The molecule has 26 heavy (non-hydrogen) atoms. The normalized spacial score (nSPS) is 20.2. The number of halogens is 1. The highest BCUT2D eigenvalue weighted by atomic mass is 19.1. The third-order valence-corrected chi connectivity index (χ3v) is 5.15. The molecule has 1 fully saturated rings. The molecule has 4 rings (SSSR count). The molecule has 134 valence electrons. The van der Waals surface area contributed by atoms with Gasteiger partial charge in [0.25, 0.3) is 0 Å². The smallest absolute Gasteiger partial charge is 0.151 e. The van der Waals surface area contributed by atoms with Gasteiger partial charge in [-0.3, -0.25) is 4.98 Å². The molecule has 6 heteroatoms. The van der Waals surface area contributed by atoms with Gasteiger partial charge < -0.3 is 10.0 Å². The van der Waals surface area contributed by atoms with Gasteiger partial charge in [0.1, 0.15) is 11.9 Å². The van der Waals surface area contributed by atoms with Crippen LogP contribution >= 0.6 is 0 Å². The Balaban J connectivity index is 1.62. The summed E-state index contributed by atoms with van der Waals surface area (Å²) in [6.45, 7) is 0. The van der Waals surface area contributed by atoms with Crippen molar-refractivity contribution >= 4 is 16.7 Å². The van der Waals surface area contributed by atoms with Crippen LogP contribution in [0.2, 0.25) is 0 Å². The van der Waals surface area contributed by atoms with Crippen LogP contribution in [0.4, 0.5) is 10.2 Å². The van der Waals surface area contributed by atoms with Gasteiger partial charge >= 0.3 is 0 Å². The molecule has 1 aliphatic carbocycles. The number of benzene rings is 1. The van der Waals surface area contributed by atoms with Crippen LogP contribution in [0, 0.1) is 0 Å². The van der Waals surface area contributed by atoms with E-state index in [1.54, 1.807) is 24.4 Å². The van der Waals surface area contributed by atoms with Crippen molar-refractivity contribution in [2.24, 2.45) is 0 Å². The van der Waals surface area contributed by atoms with Crippen LogP contribution in [-0.2, 0) is 0 Å². The molecule has 0 aliphatic heterocycles. The fourth-order valence-electron chi connectivity index (χ4n) is 3.64. The zero-order valence-corrected chi connectivity index (χ0v) is 14.6. The van der Waals surface area contributed by atoms with Crippen molar-refractivity contribution in [3.05, 3.63) is 42.6 Å². The first-order valence-corrected chi connectivity index (χ1v) is 8.92. The summed E-state index contributed by atoms with van der Waals surface area (Å²) in [5, 5.41) is 19.7. The highest BCUT2D eigenvalue weighted by Crippen LogP contribution is 2.32. The molecular formula is C20H21FN4O. The van der Waals surface area contributed by atoms with Crippen molar-refractivity contribution < 1.29 is 9.50 Å². The van der Waals surface area contributed by atoms with Gasteiger partial charge in [-0.1, -0.05) is 18.9 Å². The maximum absolute atomic E-state index is 14.2. The van der Waals surface area contributed by atoms with Crippen LogP contribution in [0.15, 0.2) is 42.6 Å². The molecule has 0 unspecified atom stereocenters. The van der Waals surface area contributed by atoms with E-state index in [9.17, 15) is 9.50 Å². The number of pyridine rings is 1. The zero-order chi connectivity index (χ0) is 18.1. The van der Waals surface area contributed by atoms with Gasteiger partial charge in [-0.2, -0.15) is 0 Å². The first kappa shape index (κ1) is 16.7. The molecule has 2 heterocycles. The zero-order valence-electron chi connectivity index (χ0n) is 14.6. The molecule has 0 saturated heterocycles. The van der Waals surface area contributed by atoms with E-state index in [-0.39, 0.29) is 11.8 Å². The average molecular weight is 352 g/mol. The second kappa shape index (κ2) is 6.86. The Kier molecular flexibility index (Phi) is 4.41. The molecule has 0 spiro atoms. The molecule has 2 aromatic heterocycles. The average Bonchev–Trinajstić information content (AvgIpc) is 2.67. The molecule has 1 aliphatic rings. The Bertz CT molecular complexity index is 915. The van der Waals surface area contributed by atoms with E-state index >= 15 is 0 Å². The number of anilines is 1. The van der Waals surface area contributed by atoms with E-state index in [0.717, 1.165) is 30.2 Å². The molecule has 0 amide bonds. The number of fused-ring (bicyclic) bond motifs is 1. The molecule has 1 saturated carbocycles. The van der Waals surface area contributed by atoms with Crippen LogP contribution < -0.4 is 4.90 Å². The predicted molar refractivity (Wildman–Crippen MR) is 100.0 cm³/mol. The fourth-order valence-corrected chi connectivity index (χ4v) is 3.64. The van der Waals surface area contributed by atoms with E-state index in [4.69, 9.17) is 0 Å². The predicted octanol–water partition coefficient (Wildman–Crippen LogP) is 4.11. The second-order valence-electron chi connectivity index (χ2n) is 6.82. The number of aromatic nitrogens is 3. The summed E-state index contributed by atoms with van der Waals surface area (Å²) in [7, 11) is 1.86. The van der Waals surface area contributed by atoms with Crippen LogP contribution in [0.5, 0.6) is 5.75 Å². The summed E-state index contributed by atoms with van der Waals surface area (Å²) in [6.07, 6.45) is 4.32. The number of nitrogens with zero attached hydrogens (tertiary/aromatic N) is 4. The number of aromatic hydroxyl groups is 1. The van der Waals surface area contributed by atoms with E-state index < -0.39 is 6.17 Å². The lowest BCUT2D eigenvalue weighted by Gasteiger charge is -2.34. The topological polar surface area (TPSA) is 62.1 Å². The van der Waals surface area contributed by atoms with Gasteiger partial charge in [0.15, 0.2) is 5.82 Å². The molecule has 3 aromatic rings. The minimum absolute atomic E-state index is 0.136. The van der Waals surface area contributed by atoms with Gasteiger partial charge in [0, 0.05) is 24.2 Å². The Morgan fingerprint density at radius 3 is 2.73 bits per heavy atom. The van der Waals surface area contributed by atoms with Crippen molar-refractivity contribution in [1.29, 1.82) is 0 Å². The third-order valence-electron chi connectivity index (χ3n) is 5.15. The lowest BCUT2D eigenvalue weighted by Crippen LogP contribution is -2.41. The van der Waals surface area contributed by atoms with Crippen molar-refractivity contribution in [3.8, 4) is 17.0 Å². The summed E-state index contributed by atoms with van der Waals surface area (Å²) in [5.41, 5.74) is 1.93. The van der Waals surface area contributed by atoms with Crippen LogP contribution in [0.1, 0.15) is 25.7 Å².